The van der Waals surface area contributed by atoms with Crippen molar-refractivity contribution in [1.29, 1.82) is 0 Å². The first-order valence-corrected chi connectivity index (χ1v) is 38.6. The Kier molecular flexibility index (Phi) is 12.6. The molecule has 0 bridgehead atoms. The number of rotatable bonds is 6. The lowest BCUT2D eigenvalue weighted by atomic mass is 10.0. The lowest BCUT2D eigenvalue weighted by Gasteiger charge is -2.10. The molecule has 0 aliphatic heterocycles. The summed E-state index contributed by atoms with van der Waals surface area (Å²) >= 11 is 7.62. The van der Waals surface area contributed by atoms with Crippen LogP contribution in [-0.4, -0.2) is 18.3 Å². The third kappa shape index (κ3) is 8.50. The van der Waals surface area contributed by atoms with Crippen molar-refractivity contribution in [2.75, 3.05) is 0 Å². The molecule has 0 spiro atoms. The summed E-state index contributed by atoms with van der Waals surface area (Å²) < 4.78 is 20.4. The highest BCUT2D eigenvalue weighted by Gasteiger charge is 2.23. The predicted octanol–water partition coefficient (Wildman–Crippen LogP) is 28.6. The van der Waals surface area contributed by atoms with Crippen LogP contribution < -0.4 is 0 Å². The summed E-state index contributed by atoms with van der Waals surface area (Å²) in [4.78, 5) is 0. The van der Waals surface area contributed by atoms with E-state index in [1.54, 1.807) is 0 Å². The Balaban J connectivity index is 0.000000127. The van der Waals surface area contributed by atoms with E-state index in [4.69, 9.17) is 0 Å². The van der Waals surface area contributed by atoms with Gasteiger partial charge in [-0.05, 0) is 121 Å². The smallest absolute Gasteiger partial charge is 0.0542 e. The van der Waals surface area contributed by atoms with Gasteiger partial charge < -0.3 is 18.3 Å². The van der Waals surface area contributed by atoms with Gasteiger partial charge in [0, 0.05) is 169 Å². The van der Waals surface area contributed by atoms with Gasteiger partial charge >= 0.3 is 0 Å². The maximum absolute atomic E-state index is 2.45. The van der Waals surface area contributed by atoms with Crippen LogP contribution in [0.15, 0.2) is 340 Å². The molecule has 0 aliphatic rings. The molecule has 0 aliphatic carbocycles. The van der Waals surface area contributed by atoms with E-state index in [9.17, 15) is 0 Å². The molecule has 0 saturated carbocycles. The Bertz CT molecular complexity index is 7380. The van der Waals surface area contributed by atoms with E-state index in [2.05, 4.69) is 358 Å². The highest BCUT2D eigenvalue weighted by Crippen LogP contribution is 2.50. The lowest BCUT2D eigenvalue weighted by Crippen LogP contribution is -1.95. The van der Waals surface area contributed by atoms with Gasteiger partial charge in [-0.1, -0.05) is 218 Å². The van der Waals surface area contributed by atoms with Gasteiger partial charge in [0.1, 0.15) is 0 Å². The minimum atomic E-state index is 1.17. The molecule has 0 radical (unpaired) electrons. The SMILES string of the molecule is c1cc(-c2cccc3c2sc2ccc(-n4c5ccccc5c5ccccc54)cc23)c2sc3ccc(-n4c5ccccc5c5ccccc54)cc3c2c1.c1ccc2c(c1)sc1c(-c3cccc4c3sc3ccc(-n5c6ccccc6c6cc(-n7c8ccccc8c8ccccc87)ccc65)cc34)cccc12. The molecule has 0 fully saturated rings. The number of hydrogen-bond acceptors (Lipinski definition) is 4. The van der Waals surface area contributed by atoms with E-state index < -0.39 is 0 Å². The summed E-state index contributed by atoms with van der Waals surface area (Å²) in [6.45, 7) is 0. The van der Waals surface area contributed by atoms with Crippen LogP contribution in [0.3, 0.4) is 0 Å². The van der Waals surface area contributed by atoms with Crippen LogP contribution in [0.4, 0.5) is 0 Å². The number of para-hydroxylation sites is 7. The van der Waals surface area contributed by atoms with Gasteiger partial charge in [-0.3, -0.25) is 0 Å². The molecule has 104 heavy (non-hydrogen) atoms. The third-order valence-electron chi connectivity index (χ3n) is 21.9. The standard InChI is InChI=1S/2C48H28N2S2/c1-5-19-41-31(11-1)32-12-2-6-20-42(32)49(41)29-23-25-45-39(27-29)37-17-9-15-35(47(37)51-45)36-16-10-18-38-40-28-30(24-26-46(40)52-48(36)38)50-43-21-7-3-13-33(43)34-14-4-8-22-44(34)50;1-5-19-41-31(11-1)32-12-2-6-20-42(32)49(41)29-23-25-44-39(27-29)33-13-3-7-21-43(33)50(44)30-24-26-46-40(28-30)38-18-10-17-37(48(38)52-46)36-16-9-15-35-34-14-4-8-22-45(34)51-47(35)36/h2*1-28H. The molecule has 24 aromatic rings. The Morgan fingerprint density at radius 3 is 0.663 bits per heavy atom. The normalized spacial score (nSPS) is 12.2. The highest BCUT2D eigenvalue weighted by molar-refractivity contribution is 7.28. The van der Waals surface area contributed by atoms with Crippen molar-refractivity contribution in [3.05, 3.63) is 340 Å². The number of aromatic nitrogens is 4. The van der Waals surface area contributed by atoms with E-state index in [1.165, 1.54) is 213 Å². The van der Waals surface area contributed by atoms with Gasteiger partial charge in [0.2, 0.25) is 0 Å². The molecular formula is C96H56N4S4. The molecule has 0 N–H and O–H groups in total. The first-order chi connectivity index (χ1) is 51.6. The topological polar surface area (TPSA) is 19.7 Å². The predicted molar refractivity (Wildman–Crippen MR) is 453 cm³/mol. The first-order valence-electron chi connectivity index (χ1n) is 35.4. The number of fused-ring (bicyclic) bond motifs is 24. The van der Waals surface area contributed by atoms with E-state index in [0.717, 1.165) is 0 Å². The average Bonchev–Trinajstić information content (AvgIpc) is 1.59. The quantitative estimate of drug-likeness (QED) is 0.158. The number of thiophene rings is 4. The van der Waals surface area contributed by atoms with E-state index >= 15 is 0 Å². The van der Waals surface area contributed by atoms with E-state index in [1.807, 2.05) is 45.3 Å². The largest absolute Gasteiger partial charge is 0.309 e. The van der Waals surface area contributed by atoms with Crippen LogP contribution in [0.1, 0.15) is 0 Å². The zero-order chi connectivity index (χ0) is 67.8. The molecule has 4 nitrogen and oxygen atoms in total. The molecule has 8 heteroatoms. The van der Waals surface area contributed by atoms with Gasteiger partial charge in [-0.2, -0.15) is 0 Å². The van der Waals surface area contributed by atoms with Crippen LogP contribution >= 0.6 is 45.3 Å². The summed E-state index contributed by atoms with van der Waals surface area (Å²) in [5, 5.41) is 20.7. The van der Waals surface area contributed by atoms with Crippen LogP contribution in [-0.2, 0) is 0 Å². The monoisotopic (exact) mass is 1390 g/mol. The van der Waals surface area contributed by atoms with Gasteiger partial charge in [0.15, 0.2) is 0 Å². The van der Waals surface area contributed by atoms with Gasteiger partial charge in [-0.25, -0.2) is 0 Å². The first kappa shape index (κ1) is 58.3. The number of nitrogens with zero attached hydrogens (tertiary/aromatic N) is 4. The lowest BCUT2D eigenvalue weighted by molar-refractivity contribution is 1.17. The molecular weight excluding hydrogens is 1340 g/mol. The summed E-state index contributed by atoms with van der Waals surface area (Å²) in [5.74, 6) is 0. The number of benzene rings is 16. The van der Waals surface area contributed by atoms with Gasteiger partial charge in [0.25, 0.3) is 0 Å². The van der Waals surface area contributed by atoms with E-state index in [0.29, 0.717) is 0 Å². The Hall–Kier alpha value is -12.4. The molecule has 8 heterocycles. The van der Waals surface area contributed by atoms with Crippen molar-refractivity contribution >= 4 is 213 Å². The van der Waals surface area contributed by atoms with Crippen molar-refractivity contribution in [2.24, 2.45) is 0 Å². The molecule has 8 aromatic heterocycles. The van der Waals surface area contributed by atoms with Gasteiger partial charge in [-0.15, -0.1) is 45.3 Å². The summed E-state index contributed by atoms with van der Waals surface area (Å²) in [7, 11) is 0. The highest BCUT2D eigenvalue weighted by atomic mass is 32.1. The molecule has 0 amide bonds. The van der Waals surface area contributed by atoms with Crippen molar-refractivity contribution in [1.82, 2.24) is 18.3 Å². The Morgan fingerprint density at radius 1 is 0.144 bits per heavy atom. The molecule has 16 aromatic carbocycles. The van der Waals surface area contributed by atoms with E-state index in [-0.39, 0.29) is 0 Å². The molecule has 24 rings (SSSR count). The Morgan fingerprint density at radius 2 is 0.356 bits per heavy atom. The summed E-state index contributed by atoms with van der Waals surface area (Å²) in [5.41, 5.74) is 19.8. The van der Waals surface area contributed by atoms with Crippen molar-refractivity contribution < 1.29 is 0 Å². The van der Waals surface area contributed by atoms with Crippen LogP contribution in [0.2, 0.25) is 0 Å². The van der Waals surface area contributed by atoms with Crippen molar-refractivity contribution in [2.45, 2.75) is 0 Å². The molecule has 0 unspecified atom stereocenters. The number of hydrogen-bond donors (Lipinski definition) is 0. The van der Waals surface area contributed by atoms with Crippen molar-refractivity contribution in [3.63, 3.8) is 0 Å². The second-order valence-corrected chi connectivity index (χ2v) is 31.5. The van der Waals surface area contributed by atoms with Gasteiger partial charge in [0.05, 0.1) is 44.1 Å². The third-order valence-corrected chi connectivity index (χ3v) is 26.7. The maximum atomic E-state index is 2.45. The minimum absolute atomic E-state index is 1.17. The second-order valence-electron chi connectivity index (χ2n) is 27.3. The second kappa shape index (κ2) is 22.5. The summed E-state index contributed by atoms with van der Waals surface area (Å²) in [6, 6.07) is 125. The average molecular weight is 1390 g/mol. The Labute approximate surface area is 611 Å². The maximum Gasteiger partial charge on any atom is 0.0542 e. The van der Waals surface area contributed by atoms with Crippen LogP contribution in [0, 0.1) is 0 Å². The van der Waals surface area contributed by atoms with Crippen molar-refractivity contribution in [3.8, 4) is 45.0 Å². The van der Waals surface area contributed by atoms with Crippen LogP contribution in [0.5, 0.6) is 0 Å². The van der Waals surface area contributed by atoms with Crippen LogP contribution in [0.25, 0.3) is 213 Å². The molecule has 0 saturated heterocycles. The zero-order valence-electron chi connectivity index (χ0n) is 55.8. The fourth-order valence-electron chi connectivity index (χ4n) is 17.4. The zero-order valence-corrected chi connectivity index (χ0v) is 59.0. The fraction of sp³-hybridized carbons (Fsp3) is 0. The minimum Gasteiger partial charge on any atom is -0.309 e. The molecule has 0 atom stereocenters. The fourth-order valence-corrected chi connectivity index (χ4v) is 22.2. The summed E-state index contributed by atoms with van der Waals surface area (Å²) in [6.07, 6.45) is 0. The molecule has 484 valence electrons.